The standard InChI is InChI=1S/C76H134O6/c1-4-7-10-13-16-19-22-25-28-31-34-35-36-37-38-39-40-41-43-45-48-51-54-57-60-63-66-69-75(78)81-72-73(71-80-74(77)68-65-62-59-56-53-50-47-44-33-30-27-24-21-18-15-12-9-6-3)82-76(79)70-67-64-61-58-55-52-49-46-42-32-29-26-23-20-17-14-11-8-5-2/h17,20-22,24-26,29-31,33-34,36-37,73H,4-16,18-19,23,27-28,32,35,38-72H2,1-3H3/b20-17-,24-21-,25-22-,29-26-,33-30-,34-31-,37-36-. The third-order valence-corrected chi connectivity index (χ3v) is 15.6. The van der Waals surface area contributed by atoms with Crippen LogP contribution >= 0.6 is 0 Å². The van der Waals surface area contributed by atoms with Gasteiger partial charge in [0.2, 0.25) is 0 Å². The fraction of sp³-hybridized carbons (Fsp3) is 0.776. The number of carbonyl (C=O) groups excluding carboxylic acids is 3. The van der Waals surface area contributed by atoms with Crippen LogP contribution in [-0.4, -0.2) is 37.2 Å². The maximum Gasteiger partial charge on any atom is 0.306 e. The molecule has 82 heavy (non-hydrogen) atoms. The third kappa shape index (κ3) is 67.4. The number of carbonyl (C=O) groups is 3. The smallest absolute Gasteiger partial charge is 0.306 e. The van der Waals surface area contributed by atoms with Crippen LogP contribution in [0.5, 0.6) is 0 Å². The van der Waals surface area contributed by atoms with Crippen molar-refractivity contribution in [1.29, 1.82) is 0 Å². The van der Waals surface area contributed by atoms with Gasteiger partial charge in [0.15, 0.2) is 6.10 Å². The Bertz CT molecular complexity index is 1550. The summed E-state index contributed by atoms with van der Waals surface area (Å²) in [5.41, 5.74) is 0. The van der Waals surface area contributed by atoms with Gasteiger partial charge in [-0.15, -0.1) is 0 Å². The summed E-state index contributed by atoms with van der Waals surface area (Å²) < 4.78 is 17.0. The maximum absolute atomic E-state index is 13.0. The second kappa shape index (κ2) is 70.1. The van der Waals surface area contributed by atoms with Crippen LogP contribution in [0, 0.1) is 0 Å². The normalized spacial score (nSPS) is 12.6. The van der Waals surface area contributed by atoms with Gasteiger partial charge in [-0.05, 0) is 122 Å². The lowest BCUT2D eigenvalue weighted by molar-refractivity contribution is -0.167. The zero-order chi connectivity index (χ0) is 59.2. The van der Waals surface area contributed by atoms with E-state index in [1.54, 1.807) is 0 Å². The number of ether oxygens (including phenoxy) is 3. The summed E-state index contributed by atoms with van der Waals surface area (Å²) >= 11 is 0. The van der Waals surface area contributed by atoms with Crippen molar-refractivity contribution in [2.75, 3.05) is 13.2 Å². The Morgan fingerprint density at radius 2 is 0.439 bits per heavy atom. The molecule has 1 atom stereocenters. The molecule has 0 aliphatic carbocycles. The summed E-state index contributed by atoms with van der Waals surface area (Å²) in [6.45, 7) is 6.62. The Morgan fingerprint density at radius 3 is 0.720 bits per heavy atom. The number of unbranched alkanes of at least 4 members (excludes halogenated alkanes) is 40. The van der Waals surface area contributed by atoms with Gasteiger partial charge in [0, 0.05) is 19.3 Å². The number of allylic oxidation sites excluding steroid dienone is 14. The summed E-state index contributed by atoms with van der Waals surface area (Å²) in [5, 5.41) is 0. The first kappa shape index (κ1) is 78.6. The van der Waals surface area contributed by atoms with E-state index in [2.05, 4.69) is 106 Å². The first-order valence-corrected chi connectivity index (χ1v) is 35.6. The molecule has 0 amide bonds. The topological polar surface area (TPSA) is 78.9 Å². The molecule has 0 rings (SSSR count). The van der Waals surface area contributed by atoms with E-state index in [0.29, 0.717) is 19.3 Å². The average molecular weight is 1140 g/mol. The Labute approximate surface area is 509 Å². The number of esters is 3. The van der Waals surface area contributed by atoms with E-state index in [1.165, 1.54) is 231 Å². The molecule has 0 aromatic carbocycles. The van der Waals surface area contributed by atoms with Crippen LogP contribution in [0.2, 0.25) is 0 Å². The summed E-state index contributed by atoms with van der Waals surface area (Å²) in [4.78, 5) is 38.5. The van der Waals surface area contributed by atoms with E-state index >= 15 is 0 Å². The molecule has 0 aliphatic rings. The zero-order valence-corrected chi connectivity index (χ0v) is 54.5. The molecule has 0 fully saturated rings. The molecule has 0 aliphatic heterocycles. The molecular formula is C76H134O6. The molecule has 0 bridgehead atoms. The maximum atomic E-state index is 13.0. The molecule has 0 aromatic heterocycles. The Balaban J connectivity index is 4.34. The van der Waals surface area contributed by atoms with E-state index in [-0.39, 0.29) is 31.1 Å². The lowest BCUT2D eigenvalue weighted by Crippen LogP contribution is -2.30. The van der Waals surface area contributed by atoms with Crippen molar-refractivity contribution in [3.63, 3.8) is 0 Å². The average Bonchev–Trinajstić information content (AvgIpc) is 3.47. The number of rotatable bonds is 65. The Kier molecular flexibility index (Phi) is 67.2. The molecule has 0 spiro atoms. The molecule has 6 nitrogen and oxygen atoms in total. The van der Waals surface area contributed by atoms with Crippen LogP contribution < -0.4 is 0 Å². The summed E-state index contributed by atoms with van der Waals surface area (Å²) in [6, 6.07) is 0. The van der Waals surface area contributed by atoms with Gasteiger partial charge in [-0.2, -0.15) is 0 Å². The van der Waals surface area contributed by atoms with E-state index in [4.69, 9.17) is 14.2 Å². The SMILES string of the molecule is CCCCC/C=C\C/C=C\CCCCCCCCCCCC(=O)OC(COC(=O)CCCCCCCCC/C=C\C/C=C\CCCCCC)COC(=O)CCCCCCCCCCCCCC/C=C\C/C=C\C/C=C\CCCCCCC. The van der Waals surface area contributed by atoms with Gasteiger partial charge >= 0.3 is 17.9 Å². The van der Waals surface area contributed by atoms with E-state index < -0.39 is 6.10 Å². The predicted octanol–water partition coefficient (Wildman–Crippen LogP) is 24.6. The minimum Gasteiger partial charge on any atom is -0.462 e. The van der Waals surface area contributed by atoms with Crippen LogP contribution in [0.4, 0.5) is 0 Å². The highest BCUT2D eigenvalue weighted by Gasteiger charge is 2.19. The van der Waals surface area contributed by atoms with Crippen molar-refractivity contribution >= 4 is 17.9 Å². The highest BCUT2D eigenvalue weighted by atomic mass is 16.6. The van der Waals surface area contributed by atoms with Crippen molar-refractivity contribution in [2.24, 2.45) is 0 Å². The highest BCUT2D eigenvalue weighted by molar-refractivity contribution is 5.71. The first-order chi connectivity index (χ1) is 40.5. The van der Waals surface area contributed by atoms with Gasteiger partial charge in [0.05, 0.1) is 0 Å². The molecule has 0 aromatic rings. The van der Waals surface area contributed by atoms with E-state index in [0.717, 1.165) is 89.9 Å². The van der Waals surface area contributed by atoms with Gasteiger partial charge in [0.1, 0.15) is 13.2 Å². The summed E-state index contributed by atoms with van der Waals surface area (Å²) in [6.07, 6.45) is 93.1. The minimum absolute atomic E-state index is 0.0800. The quantitative estimate of drug-likeness (QED) is 0.0261. The van der Waals surface area contributed by atoms with Crippen molar-refractivity contribution in [1.82, 2.24) is 0 Å². The van der Waals surface area contributed by atoms with E-state index in [9.17, 15) is 14.4 Å². The van der Waals surface area contributed by atoms with Crippen molar-refractivity contribution in [2.45, 2.75) is 367 Å². The van der Waals surface area contributed by atoms with Gasteiger partial charge in [-0.3, -0.25) is 14.4 Å². The van der Waals surface area contributed by atoms with Gasteiger partial charge < -0.3 is 14.2 Å². The minimum atomic E-state index is -0.785. The van der Waals surface area contributed by atoms with Crippen LogP contribution in [-0.2, 0) is 28.6 Å². The number of hydrogen-bond acceptors (Lipinski definition) is 6. The number of hydrogen-bond donors (Lipinski definition) is 0. The van der Waals surface area contributed by atoms with Crippen molar-refractivity contribution in [3.8, 4) is 0 Å². The molecule has 0 heterocycles. The van der Waals surface area contributed by atoms with Crippen LogP contribution in [0.1, 0.15) is 361 Å². The fourth-order valence-electron chi connectivity index (χ4n) is 10.2. The molecule has 1 unspecified atom stereocenters. The lowest BCUT2D eigenvalue weighted by Gasteiger charge is -2.18. The molecule has 0 N–H and O–H groups in total. The summed E-state index contributed by atoms with van der Waals surface area (Å²) in [5.74, 6) is -0.876. The first-order valence-electron chi connectivity index (χ1n) is 35.6. The van der Waals surface area contributed by atoms with Crippen LogP contribution in [0.25, 0.3) is 0 Å². The molecule has 6 heteroatoms. The molecule has 0 saturated carbocycles. The van der Waals surface area contributed by atoms with Gasteiger partial charge in [0.25, 0.3) is 0 Å². The van der Waals surface area contributed by atoms with Crippen LogP contribution in [0.3, 0.4) is 0 Å². The second-order valence-electron chi connectivity index (χ2n) is 23.8. The largest absolute Gasteiger partial charge is 0.462 e. The molecule has 0 saturated heterocycles. The molecular weight excluding hydrogens is 1010 g/mol. The Morgan fingerprint density at radius 1 is 0.244 bits per heavy atom. The van der Waals surface area contributed by atoms with Gasteiger partial charge in [-0.25, -0.2) is 0 Å². The lowest BCUT2D eigenvalue weighted by atomic mass is 10.0. The Hall–Kier alpha value is -3.41. The van der Waals surface area contributed by atoms with Crippen molar-refractivity contribution in [3.05, 3.63) is 85.1 Å². The monoisotopic (exact) mass is 1140 g/mol. The molecule has 0 radical (unpaired) electrons. The highest BCUT2D eigenvalue weighted by Crippen LogP contribution is 2.17. The second-order valence-corrected chi connectivity index (χ2v) is 23.8. The van der Waals surface area contributed by atoms with Crippen molar-refractivity contribution < 1.29 is 28.6 Å². The van der Waals surface area contributed by atoms with Gasteiger partial charge in [-0.1, -0.05) is 305 Å². The van der Waals surface area contributed by atoms with E-state index in [1.807, 2.05) is 0 Å². The fourth-order valence-corrected chi connectivity index (χ4v) is 10.2. The zero-order valence-electron chi connectivity index (χ0n) is 54.5. The molecule has 474 valence electrons. The summed E-state index contributed by atoms with van der Waals surface area (Å²) in [7, 11) is 0. The third-order valence-electron chi connectivity index (χ3n) is 15.6. The van der Waals surface area contributed by atoms with Crippen LogP contribution in [0.15, 0.2) is 85.1 Å². The predicted molar refractivity (Wildman–Crippen MR) is 358 cm³/mol.